The molecule has 0 atom stereocenters. The van der Waals surface area contributed by atoms with Gasteiger partial charge < -0.3 is 9.84 Å². The van der Waals surface area contributed by atoms with Crippen molar-refractivity contribution >= 4 is 5.97 Å². The molecule has 1 aromatic carbocycles. The second-order valence-corrected chi connectivity index (χ2v) is 3.96. The zero-order chi connectivity index (χ0) is 12.1. The summed E-state index contributed by atoms with van der Waals surface area (Å²) < 4.78 is 5.05. The van der Waals surface area contributed by atoms with Crippen molar-refractivity contribution in [1.29, 1.82) is 0 Å². The van der Waals surface area contributed by atoms with Gasteiger partial charge in [0.2, 0.25) is 0 Å². The van der Waals surface area contributed by atoms with Gasteiger partial charge in [-0.3, -0.25) is 0 Å². The zero-order valence-corrected chi connectivity index (χ0v) is 10.0. The van der Waals surface area contributed by atoms with E-state index in [1.54, 1.807) is 0 Å². The normalized spacial score (nSPS) is 10.2. The van der Waals surface area contributed by atoms with Gasteiger partial charge in [0.25, 0.3) is 0 Å². The van der Waals surface area contributed by atoms with E-state index in [2.05, 4.69) is 0 Å². The van der Waals surface area contributed by atoms with E-state index in [1.165, 1.54) is 5.56 Å². The van der Waals surface area contributed by atoms with Gasteiger partial charge in [-0.15, -0.1) is 0 Å². The molecule has 0 aliphatic carbocycles. The predicted molar refractivity (Wildman–Crippen MR) is 62.6 cm³/mol. The Morgan fingerprint density at radius 3 is 2.44 bits per heavy atom. The van der Waals surface area contributed by atoms with Gasteiger partial charge in [-0.05, 0) is 43.5 Å². The Bertz CT molecular complexity index is 383. The van der Waals surface area contributed by atoms with Gasteiger partial charge in [0.15, 0.2) is 0 Å². The smallest absolute Gasteiger partial charge is 0.338 e. The molecule has 0 aliphatic rings. The van der Waals surface area contributed by atoms with Crippen molar-refractivity contribution in [2.75, 3.05) is 13.2 Å². The highest BCUT2D eigenvalue weighted by atomic mass is 16.5. The van der Waals surface area contributed by atoms with Gasteiger partial charge in [0, 0.05) is 13.0 Å². The van der Waals surface area contributed by atoms with Crippen LogP contribution in [0.5, 0.6) is 0 Å². The lowest BCUT2D eigenvalue weighted by Gasteiger charge is -2.09. The molecule has 0 heterocycles. The maximum absolute atomic E-state index is 11.7. The number of aliphatic hydroxyl groups excluding tert-OH is 1. The molecular formula is C13H18O3. The van der Waals surface area contributed by atoms with E-state index >= 15 is 0 Å². The summed E-state index contributed by atoms with van der Waals surface area (Å²) in [5, 5.41) is 8.59. The van der Waals surface area contributed by atoms with Crippen LogP contribution in [-0.2, 0) is 4.74 Å². The second-order valence-electron chi connectivity index (χ2n) is 3.96. The highest BCUT2D eigenvalue weighted by Crippen LogP contribution is 2.16. The summed E-state index contributed by atoms with van der Waals surface area (Å²) in [4.78, 5) is 11.7. The molecule has 88 valence electrons. The zero-order valence-electron chi connectivity index (χ0n) is 10.0. The van der Waals surface area contributed by atoms with Gasteiger partial charge in [-0.1, -0.05) is 6.07 Å². The fourth-order valence-electron chi connectivity index (χ4n) is 1.49. The number of carbonyl (C=O) groups excluding carboxylic acids is 1. The van der Waals surface area contributed by atoms with Crippen molar-refractivity contribution < 1.29 is 14.6 Å². The van der Waals surface area contributed by atoms with Crippen LogP contribution in [-0.4, -0.2) is 24.3 Å². The number of carbonyl (C=O) groups is 1. The molecule has 0 aliphatic heterocycles. The number of aliphatic hydroxyl groups is 1. The minimum atomic E-state index is -0.311. The van der Waals surface area contributed by atoms with Crippen LogP contribution in [0.15, 0.2) is 12.1 Å². The first kappa shape index (κ1) is 12.7. The van der Waals surface area contributed by atoms with Gasteiger partial charge in [-0.25, -0.2) is 4.79 Å². The lowest BCUT2D eigenvalue weighted by Crippen LogP contribution is -2.09. The molecule has 1 aromatic rings. The van der Waals surface area contributed by atoms with E-state index < -0.39 is 0 Å². The third-order valence-corrected chi connectivity index (χ3v) is 2.60. The molecule has 3 nitrogen and oxygen atoms in total. The predicted octanol–water partition coefficient (Wildman–Crippen LogP) is 2.15. The van der Waals surface area contributed by atoms with Crippen molar-refractivity contribution in [3.05, 3.63) is 34.4 Å². The van der Waals surface area contributed by atoms with Crippen molar-refractivity contribution in [1.82, 2.24) is 0 Å². The standard InChI is InChI=1S/C13H18O3/c1-9-7-11(3)12(8-10(9)2)13(15)16-6-4-5-14/h7-8,14H,4-6H2,1-3H3. The number of hydrogen-bond acceptors (Lipinski definition) is 3. The van der Waals surface area contributed by atoms with E-state index in [-0.39, 0.29) is 19.2 Å². The van der Waals surface area contributed by atoms with Gasteiger partial charge in [0.1, 0.15) is 0 Å². The summed E-state index contributed by atoms with van der Waals surface area (Å²) in [5.41, 5.74) is 3.79. The highest BCUT2D eigenvalue weighted by molar-refractivity contribution is 5.91. The van der Waals surface area contributed by atoms with Crippen LogP contribution >= 0.6 is 0 Å². The van der Waals surface area contributed by atoms with Gasteiger partial charge >= 0.3 is 5.97 Å². The van der Waals surface area contributed by atoms with E-state index in [0.29, 0.717) is 12.0 Å². The molecule has 0 fully saturated rings. The fraction of sp³-hybridized carbons (Fsp3) is 0.462. The van der Waals surface area contributed by atoms with Gasteiger partial charge in [-0.2, -0.15) is 0 Å². The molecule has 0 unspecified atom stereocenters. The van der Waals surface area contributed by atoms with E-state index in [9.17, 15) is 4.79 Å². The molecule has 0 bridgehead atoms. The van der Waals surface area contributed by atoms with Crippen LogP contribution in [0.25, 0.3) is 0 Å². The van der Waals surface area contributed by atoms with E-state index in [4.69, 9.17) is 9.84 Å². The van der Waals surface area contributed by atoms with Crippen LogP contribution in [0.1, 0.15) is 33.5 Å². The van der Waals surface area contributed by atoms with Crippen LogP contribution in [0.3, 0.4) is 0 Å². The number of benzene rings is 1. The SMILES string of the molecule is Cc1cc(C)c(C(=O)OCCCO)cc1C. The summed E-state index contributed by atoms with van der Waals surface area (Å²) in [6.07, 6.45) is 0.482. The molecule has 16 heavy (non-hydrogen) atoms. The molecule has 1 N–H and O–H groups in total. The summed E-state index contributed by atoms with van der Waals surface area (Å²) in [6, 6.07) is 3.84. The Hall–Kier alpha value is -1.35. The van der Waals surface area contributed by atoms with Crippen molar-refractivity contribution in [2.24, 2.45) is 0 Å². The molecule has 0 aromatic heterocycles. The number of rotatable bonds is 4. The van der Waals surface area contributed by atoms with Crippen LogP contribution in [0.4, 0.5) is 0 Å². The number of ether oxygens (including phenoxy) is 1. The van der Waals surface area contributed by atoms with Crippen molar-refractivity contribution in [3.63, 3.8) is 0 Å². The summed E-state index contributed by atoms with van der Waals surface area (Å²) in [7, 11) is 0. The molecule has 0 saturated carbocycles. The van der Waals surface area contributed by atoms with E-state index in [1.807, 2.05) is 32.9 Å². The average molecular weight is 222 g/mol. The summed E-state index contributed by atoms with van der Waals surface area (Å²) in [6.45, 7) is 6.19. The first-order valence-electron chi connectivity index (χ1n) is 5.42. The Morgan fingerprint density at radius 1 is 1.19 bits per heavy atom. The Kier molecular flexibility index (Phi) is 4.50. The first-order valence-corrected chi connectivity index (χ1v) is 5.42. The van der Waals surface area contributed by atoms with Crippen LogP contribution in [0, 0.1) is 20.8 Å². The minimum absolute atomic E-state index is 0.0409. The largest absolute Gasteiger partial charge is 0.462 e. The summed E-state index contributed by atoms with van der Waals surface area (Å²) >= 11 is 0. The molecule has 3 heteroatoms. The first-order chi connectivity index (χ1) is 7.56. The Morgan fingerprint density at radius 2 is 1.81 bits per heavy atom. The maximum Gasteiger partial charge on any atom is 0.338 e. The topological polar surface area (TPSA) is 46.5 Å². The third-order valence-electron chi connectivity index (χ3n) is 2.60. The molecule has 0 saturated heterocycles. The molecule has 0 amide bonds. The number of hydrogen-bond donors (Lipinski definition) is 1. The monoisotopic (exact) mass is 222 g/mol. The summed E-state index contributed by atoms with van der Waals surface area (Å²) in [5.74, 6) is -0.311. The molecule has 0 spiro atoms. The quantitative estimate of drug-likeness (QED) is 0.627. The van der Waals surface area contributed by atoms with Crippen LogP contribution < -0.4 is 0 Å². The number of aryl methyl sites for hydroxylation is 3. The lowest BCUT2D eigenvalue weighted by atomic mass is 10.0. The van der Waals surface area contributed by atoms with Crippen LogP contribution in [0.2, 0.25) is 0 Å². The average Bonchev–Trinajstić information content (AvgIpc) is 2.23. The lowest BCUT2D eigenvalue weighted by molar-refractivity contribution is 0.0481. The third kappa shape index (κ3) is 3.07. The van der Waals surface area contributed by atoms with Crippen molar-refractivity contribution in [2.45, 2.75) is 27.2 Å². The maximum atomic E-state index is 11.7. The van der Waals surface area contributed by atoms with Gasteiger partial charge in [0.05, 0.1) is 12.2 Å². The number of esters is 1. The minimum Gasteiger partial charge on any atom is -0.462 e. The van der Waals surface area contributed by atoms with E-state index in [0.717, 1.165) is 11.1 Å². The Balaban J connectivity index is 2.79. The molecule has 0 radical (unpaired) electrons. The Labute approximate surface area is 96.1 Å². The molecule has 1 rings (SSSR count). The van der Waals surface area contributed by atoms with Crippen molar-refractivity contribution in [3.8, 4) is 0 Å². The fourth-order valence-corrected chi connectivity index (χ4v) is 1.49. The molecular weight excluding hydrogens is 204 g/mol. The second kappa shape index (κ2) is 5.66. The highest BCUT2D eigenvalue weighted by Gasteiger charge is 2.11.